The highest BCUT2D eigenvalue weighted by Gasteiger charge is 2.20. The van der Waals surface area contributed by atoms with Gasteiger partial charge in [-0.25, -0.2) is 4.79 Å². The van der Waals surface area contributed by atoms with Gasteiger partial charge in [0, 0.05) is 5.56 Å². The van der Waals surface area contributed by atoms with E-state index in [1.165, 1.54) is 7.11 Å². The molecule has 0 aliphatic heterocycles. The van der Waals surface area contributed by atoms with E-state index in [-0.39, 0.29) is 5.56 Å². The van der Waals surface area contributed by atoms with E-state index in [0.29, 0.717) is 5.75 Å². The lowest BCUT2D eigenvalue weighted by Crippen LogP contribution is -2.12. The Balaban J connectivity index is 3.27. The molecule has 0 aromatic heterocycles. The molecule has 1 aromatic carbocycles. The maximum Gasteiger partial charge on any atom is 0.337 e. The largest absolute Gasteiger partial charge is 0.496 e. The average molecular weight is 210 g/mol. The number of hydrogen-bond acceptors (Lipinski definition) is 3. The van der Waals surface area contributed by atoms with Gasteiger partial charge in [0.25, 0.3) is 0 Å². The van der Waals surface area contributed by atoms with Gasteiger partial charge in [0.05, 0.1) is 7.11 Å². The standard InChI is InChI=1S/C11H14O4/c1-6-4-8(10(12)11(13)14)9(15-3)5-7(6)2/h4-5,10,12H,1-3H3,(H,13,14). The summed E-state index contributed by atoms with van der Waals surface area (Å²) in [4.78, 5) is 10.7. The van der Waals surface area contributed by atoms with E-state index in [0.717, 1.165) is 11.1 Å². The number of benzene rings is 1. The van der Waals surface area contributed by atoms with Gasteiger partial charge in [0.1, 0.15) is 5.75 Å². The van der Waals surface area contributed by atoms with Gasteiger partial charge in [-0.05, 0) is 37.1 Å². The first kappa shape index (κ1) is 11.5. The molecule has 2 N–H and O–H groups in total. The monoisotopic (exact) mass is 210 g/mol. The first-order chi connectivity index (χ1) is 6.97. The number of ether oxygens (including phenoxy) is 1. The fourth-order valence-corrected chi connectivity index (χ4v) is 1.34. The normalized spacial score (nSPS) is 12.3. The Bertz CT molecular complexity index is 384. The molecule has 15 heavy (non-hydrogen) atoms. The zero-order valence-corrected chi connectivity index (χ0v) is 8.94. The zero-order chi connectivity index (χ0) is 11.6. The van der Waals surface area contributed by atoms with Gasteiger partial charge < -0.3 is 14.9 Å². The highest BCUT2D eigenvalue weighted by atomic mass is 16.5. The van der Waals surface area contributed by atoms with Crippen LogP contribution in [0.5, 0.6) is 5.75 Å². The van der Waals surface area contributed by atoms with Crippen molar-refractivity contribution in [3.05, 3.63) is 28.8 Å². The number of carboxylic acids is 1. The Morgan fingerprint density at radius 3 is 2.33 bits per heavy atom. The van der Waals surface area contributed by atoms with Crippen molar-refractivity contribution >= 4 is 5.97 Å². The summed E-state index contributed by atoms with van der Waals surface area (Å²) in [6.07, 6.45) is -1.54. The molecule has 4 heteroatoms. The molecule has 0 radical (unpaired) electrons. The summed E-state index contributed by atoms with van der Waals surface area (Å²) in [5.74, 6) is -0.885. The number of carboxylic acid groups (broad SMARTS) is 1. The number of aliphatic hydroxyl groups excluding tert-OH is 1. The summed E-state index contributed by atoms with van der Waals surface area (Å²) in [5.41, 5.74) is 2.20. The Kier molecular flexibility index (Phi) is 3.31. The van der Waals surface area contributed by atoms with Gasteiger partial charge in [0.2, 0.25) is 0 Å². The molecule has 0 spiro atoms. The van der Waals surface area contributed by atoms with Crippen LogP contribution in [0.15, 0.2) is 12.1 Å². The Morgan fingerprint density at radius 1 is 1.33 bits per heavy atom. The minimum atomic E-state index is -1.54. The van der Waals surface area contributed by atoms with Crippen LogP contribution in [-0.2, 0) is 4.79 Å². The van der Waals surface area contributed by atoms with E-state index >= 15 is 0 Å². The fourth-order valence-electron chi connectivity index (χ4n) is 1.34. The van der Waals surface area contributed by atoms with Crippen molar-refractivity contribution in [2.24, 2.45) is 0 Å². The maximum atomic E-state index is 10.7. The second-order valence-electron chi connectivity index (χ2n) is 3.42. The van der Waals surface area contributed by atoms with E-state index in [9.17, 15) is 9.90 Å². The molecule has 1 rings (SSSR count). The quantitative estimate of drug-likeness (QED) is 0.792. The zero-order valence-electron chi connectivity index (χ0n) is 8.94. The van der Waals surface area contributed by atoms with Gasteiger partial charge in [-0.3, -0.25) is 0 Å². The predicted octanol–water partition coefficient (Wildman–Crippen LogP) is 1.43. The molecular weight excluding hydrogens is 196 g/mol. The van der Waals surface area contributed by atoms with Crippen molar-refractivity contribution in [1.82, 2.24) is 0 Å². The SMILES string of the molecule is COc1cc(C)c(C)cc1C(O)C(=O)O. The number of carbonyl (C=O) groups is 1. The lowest BCUT2D eigenvalue weighted by molar-refractivity contribution is -0.147. The van der Waals surface area contributed by atoms with Crippen molar-refractivity contribution in [2.45, 2.75) is 20.0 Å². The molecule has 0 saturated carbocycles. The third-order valence-corrected chi connectivity index (χ3v) is 2.37. The molecule has 82 valence electrons. The van der Waals surface area contributed by atoms with Gasteiger partial charge >= 0.3 is 5.97 Å². The van der Waals surface area contributed by atoms with Gasteiger partial charge in [0.15, 0.2) is 6.10 Å². The highest BCUT2D eigenvalue weighted by Crippen LogP contribution is 2.28. The minimum absolute atomic E-state index is 0.285. The molecule has 0 saturated heterocycles. The Morgan fingerprint density at radius 2 is 1.87 bits per heavy atom. The second-order valence-corrected chi connectivity index (χ2v) is 3.42. The van der Waals surface area contributed by atoms with Crippen LogP contribution >= 0.6 is 0 Å². The molecule has 1 atom stereocenters. The van der Waals surface area contributed by atoms with E-state index in [2.05, 4.69) is 0 Å². The van der Waals surface area contributed by atoms with Crippen molar-refractivity contribution in [3.63, 3.8) is 0 Å². The topological polar surface area (TPSA) is 66.8 Å². The lowest BCUT2D eigenvalue weighted by Gasteiger charge is -2.13. The molecule has 1 aromatic rings. The average Bonchev–Trinajstić information content (AvgIpc) is 2.20. The number of aryl methyl sites for hydroxylation is 2. The van der Waals surface area contributed by atoms with Gasteiger partial charge in [-0.2, -0.15) is 0 Å². The number of hydrogen-bond donors (Lipinski definition) is 2. The molecular formula is C11H14O4. The fraction of sp³-hybridized carbons (Fsp3) is 0.364. The highest BCUT2D eigenvalue weighted by molar-refractivity contribution is 5.75. The number of rotatable bonds is 3. The summed E-state index contributed by atoms with van der Waals surface area (Å²) in [6, 6.07) is 3.35. The molecule has 0 amide bonds. The van der Waals surface area contributed by atoms with Gasteiger partial charge in [-0.15, -0.1) is 0 Å². The minimum Gasteiger partial charge on any atom is -0.496 e. The molecule has 0 bridgehead atoms. The maximum absolute atomic E-state index is 10.7. The van der Waals surface area contributed by atoms with Crippen molar-refractivity contribution < 1.29 is 19.7 Å². The van der Waals surface area contributed by atoms with Crippen molar-refractivity contribution in [3.8, 4) is 5.75 Å². The van der Waals surface area contributed by atoms with Crippen LogP contribution in [-0.4, -0.2) is 23.3 Å². The van der Waals surface area contributed by atoms with Crippen molar-refractivity contribution in [1.29, 1.82) is 0 Å². The van der Waals surface area contributed by atoms with Crippen LogP contribution in [0.25, 0.3) is 0 Å². The molecule has 1 unspecified atom stereocenters. The van der Waals surface area contributed by atoms with Gasteiger partial charge in [-0.1, -0.05) is 0 Å². The predicted molar refractivity (Wildman–Crippen MR) is 55.1 cm³/mol. The van der Waals surface area contributed by atoms with Crippen LogP contribution in [0.4, 0.5) is 0 Å². The van der Waals surface area contributed by atoms with Crippen LogP contribution in [0.3, 0.4) is 0 Å². The third kappa shape index (κ3) is 2.27. The first-order valence-corrected chi connectivity index (χ1v) is 4.53. The number of aliphatic hydroxyl groups is 1. The molecule has 4 nitrogen and oxygen atoms in total. The molecule has 0 aliphatic carbocycles. The molecule has 0 aliphatic rings. The Labute approximate surface area is 88.1 Å². The van der Waals surface area contributed by atoms with Crippen LogP contribution in [0.1, 0.15) is 22.8 Å². The van der Waals surface area contributed by atoms with Crippen LogP contribution in [0.2, 0.25) is 0 Å². The lowest BCUT2D eigenvalue weighted by atomic mass is 10.0. The summed E-state index contributed by atoms with van der Waals surface area (Å²) < 4.78 is 5.03. The second kappa shape index (κ2) is 4.31. The first-order valence-electron chi connectivity index (χ1n) is 4.53. The van der Waals surface area contributed by atoms with E-state index < -0.39 is 12.1 Å². The summed E-state index contributed by atoms with van der Waals surface area (Å²) >= 11 is 0. The number of methoxy groups -OCH3 is 1. The summed E-state index contributed by atoms with van der Waals surface area (Å²) in [6.45, 7) is 3.75. The molecule has 0 fully saturated rings. The van der Waals surface area contributed by atoms with E-state index in [4.69, 9.17) is 9.84 Å². The van der Waals surface area contributed by atoms with E-state index in [1.54, 1.807) is 12.1 Å². The number of aliphatic carboxylic acids is 1. The van der Waals surface area contributed by atoms with Crippen molar-refractivity contribution in [2.75, 3.05) is 7.11 Å². The smallest absolute Gasteiger partial charge is 0.337 e. The van der Waals surface area contributed by atoms with Crippen LogP contribution in [0, 0.1) is 13.8 Å². The Hall–Kier alpha value is -1.55. The summed E-state index contributed by atoms with van der Waals surface area (Å²) in [5, 5.41) is 18.2. The van der Waals surface area contributed by atoms with E-state index in [1.807, 2.05) is 13.8 Å². The van der Waals surface area contributed by atoms with Crippen LogP contribution < -0.4 is 4.74 Å². The third-order valence-electron chi connectivity index (χ3n) is 2.37. The molecule has 0 heterocycles. The summed E-state index contributed by atoms with van der Waals surface area (Å²) in [7, 11) is 1.45.